The molecule has 1 aliphatic heterocycles. The maximum Gasteiger partial charge on any atom is 0.249 e. The average molecular weight is 816 g/mol. The van der Waals surface area contributed by atoms with E-state index in [1.807, 2.05) is 0 Å². The first-order valence-corrected chi connectivity index (χ1v) is 23.6. The number of rotatable bonds is 39. The number of allylic oxidation sites excluding steroid dienone is 2. The highest BCUT2D eigenvalue weighted by Gasteiger charge is 2.44. The van der Waals surface area contributed by atoms with Gasteiger partial charge in [-0.15, -0.1) is 0 Å². The van der Waals surface area contributed by atoms with Crippen LogP contribution in [0.5, 0.6) is 0 Å². The Morgan fingerprint density at radius 2 is 1.02 bits per heavy atom. The molecule has 9 atom stereocenters. The van der Waals surface area contributed by atoms with Crippen LogP contribution in [0.4, 0.5) is 0 Å². The fourth-order valence-corrected chi connectivity index (χ4v) is 7.61. The van der Waals surface area contributed by atoms with E-state index in [0.717, 1.165) is 38.5 Å². The minimum absolute atomic E-state index is 0.231. The van der Waals surface area contributed by atoms with Crippen LogP contribution in [0.2, 0.25) is 0 Å². The van der Waals surface area contributed by atoms with Gasteiger partial charge in [0.25, 0.3) is 0 Å². The number of nitrogens with one attached hydrogen (secondary N) is 1. The highest BCUT2D eigenvalue weighted by molar-refractivity contribution is 5.80. The first-order valence-electron chi connectivity index (χ1n) is 23.6. The van der Waals surface area contributed by atoms with Gasteiger partial charge in [-0.1, -0.05) is 180 Å². The van der Waals surface area contributed by atoms with Crippen molar-refractivity contribution in [1.29, 1.82) is 0 Å². The van der Waals surface area contributed by atoms with Crippen LogP contribution >= 0.6 is 0 Å². The predicted octanol–water partition coefficient (Wildman–Crippen LogP) is 7.67. The molecule has 8 N–H and O–H groups in total. The molecule has 1 aliphatic rings. The normalized spacial score (nSPS) is 22.2. The molecule has 0 spiro atoms. The molecular formula is C46H89NO10. The molecule has 0 bridgehead atoms. The van der Waals surface area contributed by atoms with E-state index in [1.54, 1.807) is 0 Å². The number of hydrogen-bond donors (Lipinski definition) is 8. The van der Waals surface area contributed by atoms with Gasteiger partial charge in [-0.3, -0.25) is 4.79 Å². The number of carbonyl (C=O) groups excluding carboxylic acids is 1. The van der Waals surface area contributed by atoms with Crippen molar-refractivity contribution < 1.29 is 50.0 Å². The molecule has 57 heavy (non-hydrogen) atoms. The Morgan fingerprint density at radius 1 is 0.596 bits per heavy atom. The van der Waals surface area contributed by atoms with Gasteiger partial charge in [-0.25, -0.2) is 0 Å². The second kappa shape index (κ2) is 36.7. The van der Waals surface area contributed by atoms with Crippen molar-refractivity contribution in [3.63, 3.8) is 0 Å². The van der Waals surface area contributed by atoms with E-state index in [-0.39, 0.29) is 6.42 Å². The Kier molecular flexibility index (Phi) is 34.7. The number of aliphatic hydroxyl groups is 7. The smallest absolute Gasteiger partial charge is 0.249 e. The second-order valence-corrected chi connectivity index (χ2v) is 16.8. The lowest BCUT2D eigenvalue weighted by Crippen LogP contribution is -2.60. The monoisotopic (exact) mass is 816 g/mol. The summed E-state index contributed by atoms with van der Waals surface area (Å²) >= 11 is 0. The van der Waals surface area contributed by atoms with Gasteiger partial charge < -0.3 is 50.5 Å². The van der Waals surface area contributed by atoms with Crippen LogP contribution in [0.25, 0.3) is 0 Å². The summed E-state index contributed by atoms with van der Waals surface area (Å²) in [6.45, 7) is 3.42. The minimum Gasteiger partial charge on any atom is -0.394 e. The summed E-state index contributed by atoms with van der Waals surface area (Å²) in [6, 6.07) is -1.17. The lowest BCUT2D eigenvalue weighted by Gasteiger charge is -2.40. The Hall–Kier alpha value is -1.15. The van der Waals surface area contributed by atoms with Crippen molar-refractivity contribution in [3.8, 4) is 0 Å². The Bertz CT molecular complexity index is 939. The van der Waals surface area contributed by atoms with E-state index in [9.17, 15) is 40.5 Å². The molecule has 1 fully saturated rings. The van der Waals surface area contributed by atoms with Gasteiger partial charge in [-0.05, 0) is 38.5 Å². The van der Waals surface area contributed by atoms with Crippen LogP contribution in [0, 0.1) is 0 Å². The molecule has 11 nitrogen and oxygen atoms in total. The highest BCUT2D eigenvalue weighted by Crippen LogP contribution is 2.23. The zero-order valence-electron chi connectivity index (χ0n) is 36.3. The lowest BCUT2D eigenvalue weighted by molar-refractivity contribution is -0.303. The molecule has 11 heteroatoms. The van der Waals surface area contributed by atoms with Gasteiger partial charge in [0.2, 0.25) is 5.91 Å². The summed E-state index contributed by atoms with van der Waals surface area (Å²) in [7, 11) is 0. The first-order chi connectivity index (χ1) is 27.7. The zero-order valence-corrected chi connectivity index (χ0v) is 36.3. The van der Waals surface area contributed by atoms with Crippen molar-refractivity contribution in [3.05, 3.63) is 12.2 Å². The fraction of sp³-hybridized carbons (Fsp3) is 0.935. The van der Waals surface area contributed by atoms with Crippen LogP contribution < -0.4 is 5.32 Å². The Morgan fingerprint density at radius 3 is 1.49 bits per heavy atom. The summed E-state index contributed by atoms with van der Waals surface area (Å²) in [5, 5.41) is 75.6. The molecule has 0 aromatic carbocycles. The summed E-state index contributed by atoms with van der Waals surface area (Å²) in [5.41, 5.74) is 0. The maximum absolute atomic E-state index is 13.0. The topological polar surface area (TPSA) is 189 Å². The number of ether oxygens (including phenoxy) is 2. The van der Waals surface area contributed by atoms with Crippen molar-refractivity contribution in [2.45, 2.75) is 262 Å². The maximum atomic E-state index is 13.0. The molecule has 1 saturated heterocycles. The molecule has 0 saturated carbocycles. The van der Waals surface area contributed by atoms with E-state index >= 15 is 0 Å². The molecule has 1 amide bonds. The van der Waals surface area contributed by atoms with Gasteiger partial charge in [0, 0.05) is 0 Å². The fourth-order valence-electron chi connectivity index (χ4n) is 7.61. The van der Waals surface area contributed by atoms with Gasteiger partial charge >= 0.3 is 0 Å². The van der Waals surface area contributed by atoms with Crippen molar-refractivity contribution in [2.24, 2.45) is 0 Å². The van der Waals surface area contributed by atoms with E-state index < -0.39 is 74.2 Å². The van der Waals surface area contributed by atoms with Crippen LogP contribution in [0.15, 0.2) is 12.2 Å². The third-order valence-corrected chi connectivity index (χ3v) is 11.6. The number of amides is 1. The third-order valence-electron chi connectivity index (χ3n) is 11.6. The number of hydrogen-bond acceptors (Lipinski definition) is 10. The molecule has 0 aromatic heterocycles. The number of aliphatic hydroxyl groups excluding tert-OH is 7. The largest absolute Gasteiger partial charge is 0.394 e. The third kappa shape index (κ3) is 26.6. The highest BCUT2D eigenvalue weighted by atomic mass is 16.7. The van der Waals surface area contributed by atoms with Gasteiger partial charge in [0.15, 0.2) is 6.29 Å². The Balaban J connectivity index is 2.44. The minimum atomic E-state index is -1.66. The van der Waals surface area contributed by atoms with Crippen molar-refractivity contribution in [2.75, 3.05) is 13.2 Å². The zero-order chi connectivity index (χ0) is 41.9. The van der Waals surface area contributed by atoms with Gasteiger partial charge in [0.05, 0.1) is 25.4 Å². The SMILES string of the molecule is CCCCCCCC/C=C\CCCCC(O)C(=O)NC(COC1OC(CO)C(O)C(O)C1O)C(O)C(O)CCCCCCCCCCCCCCCCCCCC. The van der Waals surface area contributed by atoms with E-state index in [2.05, 4.69) is 31.3 Å². The van der Waals surface area contributed by atoms with Crippen LogP contribution in [0.1, 0.15) is 206 Å². The van der Waals surface area contributed by atoms with Crippen LogP contribution in [-0.4, -0.2) is 110 Å². The van der Waals surface area contributed by atoms with E-state index in [4.69, 9.17) is 9.47 Å². The van der Waals surface area contributed by atoms with E-state index in [0.29, 0.717) is 19.3 Å². The molecular weight excluding hydrogens is 727 g/mol. The second-order valence-electron chi connectivity index (χ2n) is 16.8. The summed E-state index contributed by atoms with van der Waals surface area (Å²) in [5.74, 6) is -0.713. The molecule has 0 aliphatic carbocycles. The average Bonchev–Trinajstić information content (AvgIpc) is 3.21. The summed E-state index contributed by atoms with van der Waals surface area (Å²) in [4.78, 5) is 13.0. The van der Waals surface area contributed by atoms with Gasteiger partial charge in [0.1, 0.15) is 36.6 Å². The van der Waals surface area contributed by atoms with Crippen molar-refractivity contribution in [1.82, 2.24) is 5.32 Å². The number of unbranched alkanes of at least 4 members (excludes halogenated alkanes) is 25. The quantitative estimate of drug-likeness (QED) is 0.0226. The number of carbonyl (C=O) groups is 1. The van der Waals surface area contributed by atoms with Crippen molar-refractivity contribution >= 4 is 5.91 Å². The molecule has 338 valence electrons. The molecule has 0 aromatic rings. The standard InChI is InChI=1S/C46H89NO10/c1-3-5-7-9-11-13-15-17-18-19-20-21-22-24-25-27-29-31-33-38(49)41(51)37(36-56-46-44(54)43(53)42(52)40(35-48)57-46)47-45(55)39(50)34-32-30-28-26-23-16-14-12-10-8-6-4-2/h23,26,37-44,46,48-54H,3-22,24-25,27-36H2,1-2H3,(H,47,55)/b26-23-. The predicted molar refractivity (Wildman–Crippen MR) is 229 cm³/mol. The van der Waals surface area contributed by atoms with Crippen LogP contribution in [-0.2, 0) is 14.3 Å². The summed E-state index contributed by atoms with van der Waals surface area (Å²) in [6.07, 6.45) is 26.9. The van der Waals surface area contributed by atoms with Crippen LogP contribution in [0.3, 0.4) is 0 Å². The van der Waals surface area contributed by atoms with E-state index in [1.165, 1.54) is 128 Å². The lowest BCUT2D eigenvalue weighted by atomic mass is 9.98. The van der Waals surface area contributed by atoms with Gasteiger partial charge in [-0.2, -0.15) is 0 Å². The first kappa shape index (κ1) is 53.9. The molecule has 0 radical (unpaired) electrons. The molecule has 1 heterocycles. The summed E-state index contributed by atoms with van der Waals surface area (Å²) < 4.78 is 11.1. The molecule has 1 rings (SSSR count). The molecule has 9 unspecified atom stereocenters. The Labute approximate surface area is 347 Å².